The van der Waals surface area contributed by atoms with Gasteiger partial charge in [0.2, 0.25) is 5.95 Å². The number of halogens is 1. The molecule has 0 radical (unpaired) electrons. The number of aromatic nitrogens is 2. The first-order valence-electron chi connectivity index (χ1n) is 7.00. The smallest absolute Gasteiger partial charge is 0.204 e. The van der Waals surface area contributed by atoms with Gasteiger partial charge in [-0.25, -0.2) is 9.98 Å². The molecule has 0 aliphatic rings. The first-order chi connectivity index (χ1) is 10.9. The van der Waals surface area contributed by atoms with Crippen LogP contribution in [0.1, 0.15) is 5.69 Å². The highest BCUT2D eigenvalue weighted by Gasteiger charge is 2.07. The van der Waals surface area contributed by atoms with Gasteiger partial charge in [-0.3, -0.25) is 0 Å². The van der Waals surface area contributed by atoms with Crippen LogP contribution in [-0.2, 0) is 13.6 Å². The van der Waals surface area contributed by atoms with Gasteiger partial charge < -0.3 is 25.3 Å². The van der Waals surface area contributed by atoms with Crippen LogP contribution in [0.4, 0.5) is 11.6 Å². The maximum atomic E-state index is 6.08. The molecule has 0 aliphatic carbocycles. The molecule has 0 saturated carbocycles. The van der Waals surface area contributed by atoms with Crippen LogP contribution in [0.2, 0.25) is 5.02 Å². The Morgan fingerprint density at radius 2 is 2.22 bits per heavy atom. The molecule has 8 heteroatoms. The molecule has 0 fully saturated rings. The number of methoxy groups -OCH3 is 1. The van der Waals surface area contributed by atoms with Crippen molar-refractivity contribution in [3.63, 3.8) is 0 Å². The number of anilines is 2. The van der Waals surface area contributed by atoms with Gasteiger partial charge in [-0.1, -0.05) is 11.6 Å². The van der Waals surface area contributed by atoms with Crippen LogP contribution < -0.4 is 20.7 Å². The molecular weight excluding hydrogens is 316 g/mol. The van der Waals surface area contributed by atoms with E-state index in [0.717, 1.165) is 17.3 Å². The zero-order valence-corrected chi connectivity index (χ0v) is 14.4. The lowest BCUT2D eigenvalue weighted by molar-refractivity contribution is 0.415. The van der Waals surface area contributed by atoms with Crippen molar-refractivity contribution in [1.29, 1.82) is 0 Å². The lowest BCUT2D eigenvalue weighted by atomic mass is 10.3. The summed E-state index contributed by atoms with van der Waals surface area (Å²) in [5.74, 6) is 1.78. The van der Waals surface area contributed by atoms with Crippen molar-refractivity contribution in [3.05, 3.63) is 35.1 Å². The second kappa shape index (κ2) is 7.23. The normalized spacial score (nSPS) is 11.4. The lowest BCUT2D eigenvalue weighted by Gasteiger charge is -2.12. The number of rotatable bonds is 5. The van der Waals surface area contributed by atoms with E-state index in [4.69, 9.17) is 22.1 Å². The molecule has 124 valence electrons. The molecule has 0 aliphatic heterocycles. The number of nitrogens with two attached hydrogens (primary N) is 1. The van der Waals surface area contributed by atoms with Gasteiger partial charge >= 0.3 is 0 Å². The second-order valence-electron chi connectivity index (χ2n) is 5.18. The topological polar surface area (TPSA) is 80.7 Å². The van der Waals surface area contributed by atoms with Gasteiger partial charge in [0.05, 0.1) is 30.6 Å². The monoisotopic (exact) mass is 336 g/mol. The van der Waals surface area contributed by atoms with Crippen LogP contribution in [-0.4, -0.2) is 36.7 Å². The number of aliphatic imine (C=N–C) groups is 1. The van der Waals surface area contributed by atoms with Gasteiger partial charge in [0.1, 0.15) is 5.75 Å². The van der Waals surface area contributed by atoms with E-state index >= 15 is 0 Å². The molecule has 0 amide bonds. The Morgan fingerprint density at radius 3 is 2.78 bits per heavy atom. The van der Waals surface area contributed by atoms with Gasteiger partial charge in [-0.15, -0.1) is 0 Å². The van der Waals surface area contributed by atoms with E-state index in [-0.39, 0.29) is 0 Å². The fraction of sp³-hybridized carbons (Fsp3) is 0.333. The predicted octanol–water partition coefficient (Wildman–Crippen LogP) is 2.07. The average molecular weight is 337 g/mol. The summed E-state index contributed by atoms with van der Waals surface area (Å²) in [6, 6.07) is 5.32. The minimum absolute atomic E-state index is 0.304. The zero-order valence-electron chi connectivity index (χ0n) is 13.7. The molecule has 2 rings (SSSR count). The molecule has 1 heterocycles. The Morgan fingerprint density at radius 1 is 1.48 bits per heavy atom. The predicted molar refractivity (Wildman–Crippen MR) is 94.5 cm³/mol. The van der Waals surface area contributed by atoms with Crippen molar-refractivity contribution in [2.45, 2.75) is 6.54 Å². The minimum atomic E-state index is 0.304. The Kier molecular flexibility index (Phi) is 5.33. The molecule has 1 aromatic carbocycles. The molecule has 0 spiro atoms. The van der Waals surface area contributed by atoms with E-state index in [0.29, 0.717) is 23.3 Å². The summed E-state index contributed by atoms with van der Waals surface area (Å²) in [5, 5.41) is 3.51. The summed E-state index contributed by atoms with van der Waals surface area (Å²) in [6.07, 6.45) is 1.79. The highest BCUT2D eigenvalue weighted by Crippen LogP contribution is 2.27. The first kappa shape index (κ1) is 17.0. The van der Waals surface area contributed by atoms with E-state index in [2.05, 4.69) is 15.3 Å². The van der Waals surface area contributed by atoms with Crippen LogP contribution in [0.3, 0.4) is 0 Å². The Hall–Kier alpha value is -2.41. The third kappa shape index (κ3) is 4.07. The van der Waals surface area contributed by atoms with Gasteiger partial charge in [-0.05, 0) is 18.2 Å². The summed E-state index contributed by atoms with van der Waals surface area (Å²) < 4.78 is 7.08. The maximum absolute atomic E-state index is 6.08. The average Bonchev–Trinajstić information content (AvgIpc) is 2.86. The van der Waals surface area contributed by atoms with Crippen LogP contribution in [0.5, 0.6) is 5.75 Å². The molecular formula is C15H21ClN6O. The fourth-order valence-corrected chi connectivity index (χ4v) is 2.35. The van der Waals surface area contributed by atoms with Crippen LogP contribution in [0.25, 0.3) is 0 Å². The zero-order chi connectivity index (χ0) is 17.0. The SMILES string of the molecule is COc1ccc(NC(N)=NCc2cnc(N(C)C)n2C)cc1Cl. The summed E-state index contributed by atoms with van der Waals surface area (Å²) in [6.45, 7) is 0.431. The number of ether oxygens (including phenoxy) is 1. The largest absolute Gasteiger partial charge is 0.495 e. The summed E-state index contributed by atoms with van der Waals surface area (Å²) >= 11 is 6.08. The van der Waals surface area contributed by atoms with E-state index in [1.54, 1.807) is 25.4 Å². The molecule has 3 N–H and O–H groups in total. The number of imidazole rings is 1. The van der Waals surface area contributed by atoms with Crippen molar-refractivity contribution < 1.29 is 4.74 Å². The third-order valence-electron chi connectivity index (χ3n) is 3.30. The van der Waals surface area contributed by atoms with Crippen molar-refractivity contribution >= 4 is 29.2 Å². The van der Waals surface area contributed by atoms with Gasteiger partial charge in [0.25, 0.3) is 0 Å². The summed E-state index contributed by atoms with van der Waals surface area (Å²) in [4.78, 5) is 10.6. The summed E-state index contributed by atoms with van der Waals surface area (Å²) in [5.41, 5.74) is 7.63. The Bertz CT molecular complexity index is 710. The third-order valence-corrected chi connectivity index (χ3v) is 3.59. The van der Waals surface area contributed by atoms with E-state index < -0.39 is 0 Å². The number of benzene rings is 1. The van der Waals surface area contributed by atoms with Gasteiger partial charge in [0.15, 0.2) is 5.96 Å². The number of hydrogen-bond donors (Lipinski definition) is 2. The van der Waals surface area contributed by atoms with E-state index in [9.17, 15) is 0 Å². The quantitative estimate of drug-likeness (QED) is 0.645. The highest BCUT2D eigenvalue weighted by molar-refractivity contribution is 6.32. The summed E-state index contributed by atoms with van der Waals surface area (Å²) in [7, 11) is 7.40. The number of nitrogens with one attached hydrogen (secondary N) is 1. The molecule has 23 heavy (non-hydrogen) atoms. The van der Waals surface area contributed by atoms with Gasteiger partial charge in [0, 0.05) is 26.8 Å². The van der Waals surface area contributed by atoms with E-state index in [1.807, 2.05) is 36.7 Å². The molecule has 0 unspecified atom stereocenters. The fourth-order valence-electron chi connectivity index (χ4n) is 2.09. The number of hydrogen-bond acceptors (Lipinski definition) is 4. The van der Waals surface area contributed by atoms with Crippen molar-refractivity contribution in [2.24, 2.45) is 17.8 Å². The molecule has 2 aromatic rings. The van der Waals surface area contributed by atoms with Crippen molar-refractivity contribution in [3.8, 4) is 5.75 Å². The lowest BCUT2D eigenvalue weighted by Crippen LogP contribution is -2.22. The standard InChI is InChI=1S/C15H21ClN6O/c1-21(2)15-19-9-11(22(15)3)8-18-14(17)20-10-5-6-13(23-4)12(16)7-10/h5-7,9H,8H2,1-4H3,(H3,17,18,20). The van der Waals surface area contributed by atoms with Gasteiger partial charge in [-0.2, -0.15) is 0 Å². The Balaban J connectivity index is 2.04. The van der Waals surface area contributed by atoms with Crippen LogP contribution >= 0.6 is 11.6 Å². The van der Waals surface area contributed by atoms with Crippen LogP contribution in [0.15, 0.2) is 29.4 Å². The number of guanidine groups is 1. The first-order valence-corrected chi connectivity index (χ1v) is 7.38. The molecule has 7 nitrogen and oxygen atoms in total. The second-order valence-corrected chi connectivity index (χ2v) is 5.59. The maximum Gasteiger partial charge on any atom is 0.204 e. The molecule has 0 saturated heterocycles. The molecule has 1 aromatic heterocycles. The van der Waals surface area contributed by atoms with E-state index in [1.165, 1.54) is 0 Å². The van der Waals surface area contributed by atoms with Crippen molar-refractivity contribution in [2.75, 3.05) is 31.4 Å². The highest BCUT2D eigenvalue weighted by atomic mass is 35.5. The van der Waals surface area contributed by atoms with Crippen LogP contribution in [0, 0.1) is 0 Å². The Labute approximate surface area is 140 Å². The number of nitrogens with zero attached hydrogens (tertiary/aromatic N) is 4. The molecule has 0 bridgehead atoms. The minimum Gasteiger partial charge on any atom is -0.495 e. The van der Waals surface area contributed by atoms with Crippen molar-refractivity contribution in [1.82, 2.24) is 9.55 Å². The molecule has 0 atom stereocenters.